The summed E-state index contributed by atoms with van der Waals surface area (Å²) in [6, 6.07) is 0. The van der Waals surface area contributed by atoms with Gasteiger partial charge in [0, 0.05) is 8.16 Å². The van der Waals surface area contributed by atoms with Gasteiger partial charge in [0.25, 0.3) is 0 Å². The molecule has 0 radical (unpaired) electrons. The number of hydrogen-bond donors (Lipinski definition) is 3. The Morgan fingerprint density at radius 3 is 2.58 bits per heavy atom. The maximum absolute atomic E-state index is 11.0. The van der Waals surface area contributed by atoms with E-state index in [9.17, 15) is 15.3 Å². The summed E-state index contributed by atoms with van der Waals surface area (Å²) < 4.78 is 25.5. The fourth-order valence-electron chi connectivity index (χ4n) is 6.87. The zero-order valence-corrected chi connectivity index (χ0v) is 15.3. The van der Waals surface area contributed by atoms with Crippen molar-refractivity contribution >= 4 is 0 Å². The van der Waals surface area contributed by atoms with E-state index >= 15 is 0 Å². The van der Waals surface area contributed by atoms with E-state index in [2.05, 4.69) is 13.8 Å². The third kappa shape index (κ3) is 1.95. The number of aliphatic hydroxyl groups is 3. The van der Waals surface area contributed by atoms with Gasteiger partial charge in [-0.1, -0.05) is 19.9 Å². The highest BCUT2D eigenvalue weighted by Gasteiger charge is 2.65. The van der Waals surface area contributed by atoms with Gasteiger partial charge in [0.15, 0.2) is 0 Å². The first-order valence-electron chi connectivity index (χ1n) is 11.0. The van der Waals surface area contributed by atoms with Crippen LogP contribution in [0.15, 0.2) is 11.6 Å². The molecule has 4 rings (SSSR count). The molecular formula is C21H34O3. The van der Waals surface area contributed by atoms with Crippen LogP contribution in [0.5, 0.6) is 0 Å². The van der Waals surface area contributed by atoms with Crippen molar-refractivity contribution in [1.82, 2.24) is 0 Å². The summed E-state index contributed by atoms with van der Waals surface area (Å²) in [6.07, 6.45) is 0.837. The smallest absolute Gasteiger partial charge is 0.0933 e. The summed E-state index contributed by atoms with van der Waals surface area (Å²) in [5, 5.41) is 32.1. The molecule has 0 bridgehead atoms. The summed E-state index contributed by atoms with van der Waals surface area (Å²) in [6.45, 7) is 7.67. The molecule has 0 aromatic carbocycles. The molecule has 4 aliphatic carbocycles. The monoisotopic (exact) mass is 337 g/mol. The molecule has 3 fully saturated rings. The molecule has 0 saturated heterocycles. The Morgan fingerprint density at radius 2 is 1.88 bits per heavy atom. The van der Waals surface area contributed by atoms with Crippen LogP contribution in [0.4, 0.5) is 0 Å². The van der Waals surface area contributed by atoms with E-state index in [1.807, 2.05) is 6.08 Å². The van der Waals surface area contributed by atoms with E-state index in [1.54, 1.807) is 13.8 Å². The highest BCUT2D eigenvalue weighted by atomic mass is 16.3. The molecule has 3 nitrogen and oxygen atoms in total. The maximum Gasteiger partial charge on any atom is 0.0933 e. The Morgan fingerprint density at radius 1 is 1.17 bits per heavy atom. The van der Waals surface area contributed by atoms with Crippen LogP contribution in [0, 0.1) is 34.5 Å². The van der Waals surface area contributed by atoms with Crippen LogP contribution in [-0.4, -0.2) is 33.1 Å². The molecule has 9 atom stereocenters. The molecule has 136 valence electrons. The SMILES string of the molecule is [2H]C1([2H])[C@@H]2CC[C@@H]3[C@H](CC[C@@]4(C)[C@H]3CC(O)[C@]4(C)O)[C@@]2(C)C=C(C)[C@@]1([2H])O. The maximum atomic E-state index is 11.0. The van der Waals surface area contributed by atoms with E-state index in [0.717, 1.165) is 19.3 Å². The average Bonchev–Trinajstić information content (AvgIpc) is 2.73. The molecule has 0 heterocycles. The predicted octanol–water partition coefficient (Wildman–Crippen LogP) is 3.28. The van der Waals surface area contributed by atoms with Gasteiger partial charge in [0.1, 0.15) is 0 Å². The molecular weight excluding hydrogens is 300 g/mol. The number of hydrogen-bond acceptors (Lipinski definition) is 3. The summed E-state index contributed by atoms with van der Waals surface area (Å²) in [5.41, 5.74) is -1.42. The molecule has 3 heteroatoms. The van der Waals surface area contributed by atoms with Gasteiger partial charge in [0.2, 0.25) is 0 Å². The zero-order valence-electron chi connectivity index (χ0n) is 18.3. The Kier molecular flexibility index (Phi) is 2.92. The Labute approximate surface area is 150 Å². The molecule has 4 aliphatic rings. The van der Waals surface area contributed by atoms with E-state index < -0.39 is 35.5 Å². The van der Waals surface area contributed by atoms with Crippen LogP contribution in [0.3, 0.4) is 0 Å². The van der Waals surface area contributed by atoms with Gasteiger partial charge < -0.3 is 15.3 Å². The summed E-state index contributed by atoms with van der Waals surface area (Å²) in [5.74, 6) is 0.394. The van der Waals surface area contributed by atoms with E-state index in [1.165, 1.54) is 0 Å². The van der Waals surface area contributed by atoms with Crippen molar-refractivity contribution in [1.29, 1.82) is 0 Å². The van der Waals surface area contributed by atoms with Crippen molar-refractivity contribution in [2.24, 2.45) is 34.5 Å². The minimum absolute atomic E-state index is 0.218. The van der Waals surface area contributed by atoms with Crippen LogP contribution in [-0.2, 0) is 0 Å². The second kappa shape index (κ2) is 5.08. The molecule has 0 aliphatic heterocycles. The second-order valence-electron chi connectivity index (χ2n) is 9.55. The lowest BCUT2D eigenvalue weighted by Gasteiger charge is -2.60. The van der Waals surface area contributed by atoms with E-state index in [0.29, 0.717) is 24.3 Å². The van der Waals surface area contributed by atoms with Gasteiger partial charge in [0.05, 0.1) is 19.2 Å². The quantitative estimate of drug-likeness (QED) is 0.595. The third-order valence-corrected chi connectivity index (χ3v) is 8.66. The lowest BCUT2D eigenvalue weighted by Crippen LogP contribution is -2.56. The standard InChI is InChI=1S/C21H34O3/c1-12-11-19(2)13(9-17(12)22)5-6-14-15(19)7-8-20(3)16(14)10-18(23)21(20,4)24/h11,13-18,22-24H,5-10H2,1-4H3/t13-,14+,15-,16-,17-,18?,19-,20-,21-/m0/s1/i9D2,17D. The Bertz CT molecular complexity index is 688. The van der Waals surface area contributed by atoms with Gasteiger partial charge in [-0.25, -0.2) is 0 Å². The van der Waals surface area contributed by atoms with Gasteiger partial charge in [-0.2, -0.15) is 0 Å². The molecule has 0 amide bonds. The fraction of sp³-hybridized carbons (Fsp3) is 0.905. The normalized spacial score (nSPS) is 67.0. The summed E-state index contributed by atoms with van der Waals surface area (Å²) >= 11 is 0. The van der Waals surface area contributed by atoms with E-state index in [4.69, 9.17) is 4.11 Å². The van der Waals surface area contributed by atoms with Crippen molar-refractivity contribution < 1.29 is 19.4 Å². The van der Waals surface area contributed by atoms with Crippen molar-refractivity contribution in [3.8, 4) is 0 Å². The number of rotatable bonds is 0. The van der Waals surface area contributed by atoms with Gasteiger partial charge in [-0.05, 0) is 87.0 Å². The van der Waals surface area contributed by atoms with Crippen molar-refractivity contribution in [2.75, 3.05) is 0 Å². The molecule has 3 saturated carbocycles. The predicted molar refractivity (Wildman–Crippen MR) is 94.3 cm³/mol. The van der Waals surface area contributed by atoms with E-state index in [-0.39, 0.29) is 17.3 Å². The second-order valence-corrected chi connectivity index (χ2v) is 9.55. The lowest BCUT2D eigenvalue weighted by atomic mass is 9.45. The average molecular weight is 338 g/mol. The molecule has 1 unspecified atom stereocenters. The first-order chi connectivity index (χ1) is 12.2. The minimum Gasteiger partial charge on any atom is -0.390 e. The fourth-order valence-corrected chi connectivity index (χ4v) is 6.87. The van der Waals surface area contributed by atoms with Crippen LogP contribution in [0.25, 0.3) is 0 Å². The minimum atomic E-state index is -2.18. The highest BCUT2D eigenvalue weighted by Crippen LogP contribution is 2.67. The molecule has 0 spiro atoms. The lowest BCUT2D eigenvalue weighted by molar-refractivity contribution is -0.151. The summed E-state index contributed by atoms with van der Waals surface area (Å²) in [4.78, 5) is 0. The molecule has 24 heavy (non-hydrogen) atoms. The molecule has 0 aromatic heterocycles. The number of allylic oxidation sites excluding steroid dienone is 1. The highest BCUT2D eigenvalue weighted by molar-refractivity contribution is 5.23. The molecule has 0 aromatic rings. The molecule has 3 N–H and O–H groups in total. The van der Waals surface area contributed by atoms with Crippen molar-refractivity contribution in [2.45, 2.75) is 84.0 Å². The largest absolute Gasteiger partial charge is 0.390 e. The third-order valence-electron chi connectivity index (χ3n) is 8.66. The Balaban J connectivity index is 1.77. The van der Waals surface area contributed by atoms with Crippen LogP contribution >= 0.6 is 0 Å². The van der Waals surface area contributed by atoms with Crippen molar-refractivity contribution in [3.63, 3.8) is 0 Å². The van der Waals surface area contributed by atoms with Crippen molar-refractivity contribution in [3.05, 3.63) is 11.6 Å². The zero-order chi connectivity index (χ0) is 20.2. The number of aliphatic hydroxyl groups excluding tert-OH is 1. The first kappa shape index (κ1) is 13.8. The van der Waals surface area contributed by atoms with Gasteiger partial charge >= 0.3 is 0 Å². The van der Waals surface area contributed by atoms with Crippen LogP contribution in [0.1, 0.15) is 70.3 Å². The van der Waals surface area contributed by atoms with Gasteiger partial charge in [-0.3, -0.25) is 0 Å². The number of fused-ring (bicyclic) bond motifs is 5. The van der Waals surface area contributed by atoms with Crippen LogP contribution in [0.2, 0.25) is 0 Å². The first-order valence-corrected chi connectivity index (χ1v) is 9.54. The topological polar surface area (TPSA) is 60.7 Å². The van der Waals surface area contributed by atoms with Gasteiger partial charge in [-0.15, -0.1) is 0 Å². The Hall–Kier alpha value is -0.380. The van der Waals surface area contributed by atoms with Crippen LogP contribution < -0.4 is 0 Å². The summed E-state index contributed by atoms with van der Waals surface area (Å²) in [7, 11) is 0.